The van der Waals surface area contributed by atoms with Crippen molar-refractivity contribution in [1.29, 1.82) is 0 Å². The summed E-state index contributed by atoms with van der Waals surface area (Å²) in [6, 6.07) is 5.87. The monoisotopic (exact) mass is 292 g/mol. The SMILES string of the molecule is CCC(N)C(c1ccccn1)N(CC)CC(=O)NC(C)C. The average molecular weight is 292 g/mol. The lowest BCUT2D eigenvalue weighted by molar-refractivity contribution is -0.123. The summed E-state index contributed by atoms with van der Waals surface area (Å²) in [6.07, 6.45) is 2.61. The Morgan fingerprint density at radius 3 is 2.57 bits per heavy atom. The molecule has 0 aliphatic carbocycles. The highest BCUT2D eigenvalue weighted by Crippen LogP contribution is 2.22. The summed E-state index contributed by atoms with van der Waals surface area (Å²) in [5.41, 5.74) is 7.21. The number of hydrogen-bond donors (Lipinski definition) is 2. The average Bonchev–Trinajstić information content (AvgIpc) is 2.46. The van der Waals surface area contributed by atoms with Gasteiger partial charge in [0.1, 0.15) is 0 Å². The van der Waals surface area contributed by atoms with Crippen molar-refractivity contribution in [2.45, 2.75) is 52.2 Å². The number of rotatable bonds is 8. The summed E-state index contributed by atoms with van der Waals surface area (Å²) in [6.45, 7) is 9.11. The molecule has 0 radical (unpaired) electrons. The minimum atomic E-state index is -0.0494. The molecule has 3 N–H and O–H groups in total. The van der Waals surface area contributed by atoms with Crippen molar-refractivity contribution in [3.05, 3.63) is 30.1 Å². The van der Waals surface area contributed by atoms with Gasteiger partial charge in [-0.2, -0.15) is 0 Å². The molecule has 0 aliphatic heterocycles. The highest BCUT2D eigenvalue weighted by atomic mass is 16.2. The van der Waals surface area contributed by atoms with E-state index in [1.165, 1.54) is 0 Å². The lowest BCUT2D eigenvalue weighted by Gasteiger charge is -2.33. The van der Waals surface area contributed by atoms with Gasteiger partial charge in [0.25, 0.3) is 0 Å². The van der Waals surface area contributed by atoms with Gasteiger partial charge in [-0.15, -0.1) is 0 Å². The largest absolute Gasteiger partial charge is 0.353 e. The number of aromatic nitrogens is 1. The smallest absolute Gasteiger partial charge is 0.234 e. The van der Waals surface area contributed by atoms with Gasteiger partial charge in [0, 0.05) is 18.3 Å². The first-order valence-corrected chi connectivity index (χ1v) is 7.69. The fraction of sp³-hybridized carbons (Fsp3) is 0.625. The summed E-state index contributed by atoms with van der Waals surface area (Å²) >= 11 is 0. The van der Waals surface area contributed by atoms with Crippen LogP contribution in [0.15, 0.2) is 24.4 Å². The molecular formula is C16H28N4O. The lowest BCUT2D eigenvalue weighted by atomic mass is 10.0. The second kappa shape index (κ2) is 8.74. The second-order valence-electron chi connectivity index (χ2n) is 5.56. The van der Waals surface area contributed by atoms with E-state index in [-0.39, 0.29) is 24.0 Å². The Labute approximate surface area is 127 Å². The van der Waals surface area contributed by atoms with E-state index in [2.05, 4.69) is 22.1 Å². The van der Waals surface area contributed by atoms with Crippen molar-refractivity contribution in [2.75, 3.05) is 13.1 Å². The van der Waals surface area contributed by atoms with Gasteiger partial charge in [-0.1, -0.05) is 19.9 Å². The molecule has 2 unspecified atom stereocenters. The third-order valence-electron chi connectivity index (χ3n) is 3.46. The maximum Gasteiger partial charge on any atom is 0.234 e. The summed E-state index contributed by atoms with van der Waals surface area (Å²) in [5, 5.41) is 2.93. The quantitative estimate of drug-likeness (QED) is 0.765. The highest BCUT2D eigenvalue weighted by Gasteiger charge is 2.27. The molecule has 0 fully saturated rings. The first-order valence-electron chi connectivity index (χ1n) is 7.69. The van der Waals surface area contributed by atoms with Crippen LogP contribution in [0.25, 0.3) is 0 Å². The van der Waals surface area contributed by atoms with Crippen LogP contribution in [0.3, 0.4) is 0 Å². The molecule has 1 amide bonds. The molecule has 5 heteroatoms. The van der Waals surface area contributed by atoms with Crippen LogP contribution in [0.4, 0.5) is 0 Å². The number of nitrogens with zero attached hydrogens (tertiary/aromatic N) is 2. The van der Waals surface area contributed by atoms with Gasteiger partial charge in [0.05, 0.1) is 18.3 Å². The summed E-state index contributed by atoms with van der Waals surface area (Å²) < 4.78 is 0. The molecule has 0 aliphatic rings. The maximum atomic E-state index is 12.1. The molecule has 0 spiro atoms. The van der Waals surface area contributed by atoms with Crippen LogP contribution in [-0.4, -0.2) is 41.0 Å². The molecule has 0 aromatic carbocycles. The molecule has 0 saturated carbocycles. The standard InChI is InChI=1S/C16H28N4O/c1-5-13(17)16(14-9-7-8-10-18-14)20(6-2)11-15(21)19-12(3)4/h7-10,12-13,16H,5-6,11,17H2,1-4H3,(H,19,21). The van der Waals surface area contributed by atoms with Crippen molar-refractivity contribution in [2.24, 2.45) is 5.73 Å². The number of nitrogens with two attached hydrogens (primary N) is 1. The van der Waals surface area contributed by atoms with Gasteiger partial charge in [-0.3, -0.25) is 14.7 Å². The molecule has 1 aromatic heterocycles. The van der Waals surface area contributed by atoms with Crippen LogP contribution in [0.5, 0.6) is 0 Å². The summed E-state index contributed by atoms with van der Waals surface area (Å²) in [7, 11) is 0. The van der Waals surface area contributed by atoms with Crippen LogP contribution in [0.1, 0.15) is 45.9 Å². The van der Waals surface area contributed by atoms with Crippen molar-refractivity contribution < 1.29 is 4.79 Å². The second-order valence-corrected chi connectivity index (χ2v) is 5.56. The number of carbonyl (C=O) groups is 1. The molecule has 5 nitrogen and oxygen atoms in total. The highest BCUT2D eigenvalue weighted by molar-refractivity contribution is 5.78. The van der Waals surface area contributed by atoms with Gasteiger partial charge < -0.3 is 11.1 Å². The number of likely N-dealkylation sites (N-methyl/N-ethyl adjacent to an activating group) is 1. The third kappa shape index (κ3) is 5.44. The maximum absolute atomic E-state index is 12.1. The normalized spacial score (nSPS) is 14.2. The Kier molecular flexibility index (Phi) is 7.32. The zero-order valence-electron chi connectivity index (χ0n) is 13.5. The van der Waals surface area contributed by atoms with E-state index >= 15 is 0 Å². The Morgan fingerprint density at radius 1 is 1.38 bits per heavy atom. The summed E-state index contributed by atoms with van der Waals surface area (Å²) in [5.74, 6) is 0.0242. The number of carbonyl (C=O) groups excluding carboxylic acids is 1. The molecule has 1 rings (SSSR count). The Hall–Kier alpha value is -1.46. The predicted octanol–water partition coefficient (Wildman–Crippen LogP) is 1.71. The molecule has 1 heterocycles. The van der Waals surface area contributed by atoms with E-state index in [0.29, 0.717) is 6.54 Å². The molecule has 21 heavy (non-hydrogen) atoms. The van der Waals surface area contributed by atoms with Crippen LogP contribution >= 0.6 is 0 Å². The van der Waals surface area contributed by atoms with Crippen LogP contribution in [0.2, 0.25) is 0 Å². The van der Waals surface area contributed by atoms with Crippen molar-refractivity contribution >= 4 is 5.91 Å². The van der Waals surface area contributed by atoms with Gasteiger partial charge in [-0.25, -0.2) is 0 Å². The molecule has 1 aromatic rings. The Bertz CT molecular complexity index is 422. The first-order chi connectivity index (χ1) is 9.99. The van der Waals surface area contributed by atoms with Crippen LogP contribution < -0.4 is 11.1 Å². The van der Waals surface area contributed by atoms with Crippen LogP contribution in [0, 0.1) is 0 Å². The summed E-state index contributed by atoms with van der Waals surface area (Å²) in [4.78, 5) is 18.6. The predicted molar refractivity (Wildman–Crippen MR) is 85.8 cm³/mol. The lowest BCUT2D eigenvalue weighted by Crippen LogP contribution is -2.46. The van der Waals surface area contributed by atoms with E-state index < -0.39 is 0 Å². The Balaban J connectivity index is 2.91. The minimum Gasteiger partial charge on any atom is -0.353 e. The molecule has 0 bridgehead atoms. The van der Waals surface area contributed by atoms with E-state index in [4.69, 9.17) is 5.73 Å². The number of hydrogen-bond acceptors (Lipinski definition) is 4. The van der Waals surface area contributed by atoms with E-state index in [0.717, 1.165) is 18.7 Å². The number of amides is 1. The number of nitrogens with one attached hydrogen (secondary N) is 1. The van der Waals surface area contributed by atoms with Crippen molar-refractivity contribution in [3.8, 4) is 0 Å². The first kappa shape index (κ1) is 17.6. The molecule has 118 valence electrons. The molecule has 2 atom stereocenters. The third-order valence-corrected chi connectivity index (χ3v) is 3.46. The van der Waals surface area contributed by atoms with Crippen LogP contribution in [-0.2, 0) is 4.79 Å². The van der Waals surface area contributed by atoms with Gasteiger partial charge in [0.15, 0.2) is 0 Å². The fourth-order valence-electron chi connectivity index (χ4n) is 2.41. The minimum absolute atomic E-state index is 0.0242. The van der Waals surface area contributed by atoms with Gasteiger partial charge in [0.2, 0.25) is 5.91 Å². The molecular weight excluding hydrogens is 264 g/mol. The fourth-order valence-corrected chi connectivity index (χ4v) is 2.41. The topological polar surface area (TPSA) is 71.2 Å². The van der Waals surface area contributed by atoms with E-state index in [1.54, 1.807) is 6.20 Å². The van der Waals surface area contributed by atoms with Crippen molar-refractivity contribution in [3.63, 3.8) is 0 Å². The Morgan fingerprint density at radius 2 is 2.10 bits per heavy atom. The number of pyridine rings is 1. The van der Waals surface area contributed by atoms with Gasteiger partial charge >= 0.3 is 0 Å². The van der Waals surface area contributed by atoms with E-state index in [1.807, 2.05) is 39.0 Å². The van der Waals surface area contributed by atoms with Gasteiger partial charge in [-0.05, 0) is 38.9 Å². The molecule has 0 saturated heterocycles. The zero-order chi connectivity index (χ0) is 15.8. The van der Waals surface area contributed by atoms with Crippen molar-refractivity contribution in [1.82, 2.24) is 15.2 Å². The van der Waals surface area contributed by atoms with E-state index in [9.17, 15) is 4.79 Å². The zero-order valence-corrected chi connectivity index (χ0v) is 13.5.